The molecule has 2 aromatic rings. The minimum atomic E-state index is -1.08. The number of furan rings is 1. The molecule has 0 spiro atoms. The van der Waals surface area contributed by atoms with Gasteiger partial charge in [0.05, 0.1) is 24.9 Å². The second-order valence-electron chi connectivity index (χ2n) is 4.76. The molecule has 2 N–H and O–H groups in total. The van der Waals surface area contributed by atoms with Crippen LogP contribution in [0.1, 0.15) is 27.0 Å². The summed E-state index contributed by atoms with van der Waals surface area (Å²) in [5, 5.41) is 19.2. The van der Waals surface area contributed by atoms with Gasteiger partial charge in [-0.15, -0.1) is 0 Å². The molecule has 1 aromatic heterocycles. The summed E-state index contributed by atoms with van der Waals surface area (Å²) in [5.74, 6) is -1.55. The predicted molar refractivity (Wildman–Crippen MR) is 70.8 cm³/mol. The highest BCUT2D eigenvalue weighted by atomic mass is 16.5. The van der Waals surface area contributed by atoms with Crippen molar-refractivity contribution in [1.29, 1.82) is 0 Å². The molecule has 1 aliphatic heterocycles. The Labute approximate surface area is 119 Å². The summed E-state index contributed by atoms with van der Waals surface area (Å²) in [7, 11) is 0. The summed E-state index contributed by atoms with van der Waals surface area (Å²) in [4.78, 5) is 23.4. The zero-order valence-corrected chi connectivity index (χ0v) is 11.0. The first-order chi connectivity index (χ1) is 10.1. The lowest BCUT2D eigenvalue weighted by molar-refractivity contribution is -0.136. The lowest BCUT2D eigenvalue weighted by Gasteiger charge is -2.12. The molecule has 3 rings (SSSR count). The number of ether oxygens (including phenoxy) is 1. The largest absolute Gasteiger partial charge is 0.507 e. The number of hydrogen-bond donors (Lipinski definition) is 2. The minimum Gasteiger partial charge on any atom is -0.507 e. The van der Waals surface area contributed by atoms with E-state index < -0.39 is 11.8 Å². The van der Waals surface area contributed by atoms with E-state index in [-0.39, 0.29) is 28.9 Å². The number of phenols is 1. The van der Waals surface area contributed by atoms with Crippen molar-refractivity contribution < 1.29 is 29.0 Å². The van der Waals surface area contributed by atoms with Crippen molar-refractivity contribution in [3.63, 3.8) is 0 Å². The van der Waals surface area contributed by atoms with Crippen molar-refractivity contribution in [2.75, 3.05) is 6.61 Å². The van der Waals surface area contributed by atoms with E-state index in [4.69, 9.17) is 14.3 Å². The zero-order chi connectivity index (χ0) is 15.0. The van der Waals surface area contributed by atoms with Gasteiger partial charge in [0.2, 0.25) is 5.78 Å². The molecule has 0 aliphatic carbocycles. The third kappa shape index (κ3) is 2.24. The Bertz CT molecular complexity index is 714. The molecule has 0 unspecified atom stereocenters. The van der Waals surface area contributed by atoms with Crippen LogP contribution in [0, 0.1) is 0 Å². The molecule has 1 aromatic carbocycles. The van der Waals surface area contributed by atoms with Crippen LogP contribution in [0.25, 0.3) is 0 Å². The summed E-state index contributed by atoms with van der Waals surface area (Å²) in [6.45, 7) is 0.400. The van der Waals surface area contributed by atoms with Crippen molar-refractivity contribution >= 4 is 11.8 Å². The number of ketones is 1. The van der Waals surface area contributed by atoms with E-state index in [2.05, 4.69) is 0 Å². The van der Waals surface area contributed by atoms with Crippen molar-refractivity contribution in [3.05, 3.63) is 46.9 Å². The maximum Gasteiger partial charge on any atom is 0.307 e. The van der Waals surface area contributed by atoms with E-state index in [9.17, 15) is 14.7 Å². The Morgan fingerprint density at radius 1 is 1.33 bits per heavy atom. The quantitative estimate of drug-likeness (QED) is 0.832. The van der Waals surface area contributed by atoms with E-state index >= 15 is 0 Å². The van der Waals surface area contributed by atoms with Gasteiger partial charge in [-0.3, -0.25) is 9.59 Å². The summed E-state index contributed by atoms with van der Waals surface area (Å²) < 4.78 is 10.3. The Morgan fingerprint density at radius 2 is 2.14 bits per heavy atom. The highest BCUT2D eigenvalue weighted by molar-refractivity contribution is 6.13. The van der Waals surface area contributed by atoms with Crippen LogP contribution in [0.3, 0.4) is 0 Å². The number of carbonyl (C=O) groups is 2. The Morgan fingerprint density at radius 3 is 2.81 bits per heavy atom. The highest BCUT2D eigenvalue weighted by Gasteiger charge is 2.28. The van der Waals surface area contributed by atoms with E-state index in [0.717, 1.165) is 5.56 Å². The van der Waals surface area contributed by atoms with Crippen LogP contribution < -0.4 is 4.74 Å². The predicted octanol–water partition coefficient (Wildman–Crippen LogP) is 1.78. The van der Waals surface area contributed by atoms with E-state index in [1.165, 1.54) is 18.6 Å². The first kappa shape index (κ1) is 13.2. The molecule has 0 bridgehead atoms. The van der Waals surface area contributed by atoms with E-state index in [1.807, 2.05) is 0 Å². The molecule has 0 radical (unpaired) electrons. The standard InChI is InChI=1S/C15H12O6/c16-11(17)6-10-5-8-2-4-21-15(8)12(14(10)19)13(18)9-1-3-20-7-9/h1,3,5,7,19H,2,4,6H2,(H,16,17). The Kier molecular flexibility index (Phi) is 3.13. The van der Waals surface area contributed by atoms with Gasteiger partial charge in [0.15, 0.2) is 0 Å². The molecule has 2 heterocycles. The SMILES string of the molecule is O=C(O)Cc1cc2c(c(C(=O)c3ccoc3)c1O)OCC2. The smallest absolute Gasteiger partial charge is 0.307 e. The molecule has 6 heteroatoms. The number of carboxylic acids is 1. The fourth-order valence-electron chi connectivity index (χ4n) is 2.43. The van der Waals surface area contributed by atoms with Gasteiger partial charge in [0, 0.05) is 12.0 Å². The molecule has 0 saturated heterocycles. The van der Waals surface area contributed by atoms with Crippen molar-refractivity contribution in [1.82, 2.24) is 0 Å². The first-order valence-electron chi connectivity index (χ1n) is 6.37. The van der Waals surface area contributed by atoms with Crippen molar-refractivity contribution in [3.8, 4) is 11.5 Å². The van der Waals surface area contributed by atoms with Gasteiger partial charge in [0.1, 0.15) is 23.3 Å². The van der Waals surface area contributed by atoms with Crippen LogP contribution in [0.2, 0.25) is 0 Å². The van der Waals surface area contributed by atoms with Gasteiger partial charge in [0.25, 0.3) is 0 Å². The summed E-state index contributed by atoms with van der Waals surface area (Å²) >= 11 is 0. The van der Waals surface area contributed by atoms with Gasteiger partial charge in [-0.1, -0.05) is 0 Å². The van der Waals surface area contributed by atoms with Crippen molar-refractivity contribution in [2.45, 2.75) is 12.8 Å². The van der Waals surface area contributed by atoms with Gasteiger partial charge in [-0.05, 0) is 17.7 Å². The lowest BCUT2D eigenvalue weighted by Crippen LogP contribution is -2.07. The number of phenolic OH excluding ortho intramolecular Hbond substituents is 1. The fourth-order valence-corrected chi connectivity index (χ4v) is 2.43. The van der Waals surface area contributed by atoms with Gasteiger partial charge in [-0.25, -0.2) is 0 Å². The maximum absolute atomic E-state index is 12.5. The van der Waals surface area contributed by atoms with E-state index in [0.29, 0.717) is 18.8 Å². The molecule has 21 heavy (non-hydrogen) atoms. The Balaban J connectivity index is 2.16. The van der Waals surface area contributed by atoms with Crippen LogP contribution in [-0.2, 0) is 17.6 Å². The fraction of sp³-hybridized carbons (Fsp3) is 0.200. The number of aliphatic carboxylic acids is 1. The van der Waals surface area contributed by atoms with Crippen LogP contribution >= 0.6 is 0 Å². The normalized spacial score (nSPS) is 12.8. The number of hydrogen-bond acceptors (Lipinski definition) is 5. The number of benzene rings is 1. The number of aromatic hydroxyl groups is 1. The maximum atomic E-state index is 12.5. The molecule has 0 fully saturated rings. The second kappa shape index (κ2) is 4.97. The molecule has 6 nitrogen and oxygen atoms in total. The highest BCUT2D eigenvalue weighted by Crippen LogP contribution is 2.39. The van der Waals surface area contributed by atoms with Crippen LogP contribution in [0.15, 0.2) is 29.1 Å². The van der Waals surface area contributed by atoms with Gasteiger partial charge < -0.3 is 19.4 Å². The molecule has 0 atom stereocenters. The molecular weight excluding hydrogens is 276 g/mol. The Hall–Kier alpha value is -2.76. The minimum absolute atomic E-state index is 0.00245. The van der Waals surface area contributed by atoms with Crippen LogP contribution in [0.4, 0.5) is 0 Å². The molecule has 0 amide bonds. The molecule has 0 saturated carbocycles. The zero-order valence-electron chi connectivity index (χ0n) is 11.0. The van der Waals surface area contributed by atoms with Crippen LogP contribution in [-0.4, -0.2) is 28.6 Å². The van der Waals surface area contributed by atoms with Crippen molar-refractivity contribution in [2.24, 2.45) is 0 Å². The number of rotatable bonds is 4. The average molecular weight is 288 g/mol. The summed E-state index contributed by atoms with van der Waals surface area (Å²) in [6.07, 6.45) is 2.85. The average Bonchev–Trinajstić information content (AvgIpc) is 3.08. The number of carbonyl (C=O) groups excluding carboxylic acids is 1. The third-order valence-corrected chi connectivity index (χ3v) is 3.38. The third-order valence-electron chi connectivity index (χ3n) is 3.38. The molecule has 1 aliphatic rings. The molecule has 108 valence electrons. The number of fused-ring (bicyclic) bond motifs is 1. The van der Waals surface area contributed by atoms with Gasteiger partial charge >= 0.3 is 5.97 Å². The summed E-state index contributed by atoms with van der Waals surface area (Å²) in [6, 6.07) is 3.06. The second-order valence-corrected chi connectivity index (χ2v) is 4.76. The number of carboxylic acid groups (broad SMARTS) is 1. The molecular formula is C15H12O6. The lowest BCUT2D eigenvalue weighted by atomic mass is 9.95. The topological polar surface area (TPSA) is 97.0 Å². The van der Waals surface area contributed by atoms with Crippen LogP contribution in [0.5, 0.6) is 11.5 Å². The van der Waals surface area contributed by atoms with Gasteiger partial charge in [-0.2, -0.15) is 0 Å². The summed E-state index contributed by atoms with van der Waals surface area (Å²) in [5.41, 5.74) is 1.22. The van der Waals surface area contributed by atoms with E-state index in [1.54, 1.807) is 6.07 Å². The monoisotopic (exact) mass is 288 g/mol. The first-order valence-corrected chi connectivity index (χ1v) is 6.37.